The number of hydrogen-bond donors (Lipinski definition) is 2. The molecule has 0 radical (unpaired) electrons. The second-order valence-corrected chi connectivity index (χ2v) is 6.65. The average molecular weight is 366 g/mol. The molecule has 0 spiro atoms. The smallest absolute Gasteiger partial charge is 0.261 e. The second kappa shape index (κ2) is 7.65. The Kier molecular flexibility index (Phi) is 5.79. The lowest BCUT2D eigenvalue weighted by Crippen LogP contribution is -2.37. The fourth-order valence-corrected chi connectivity index (χ4v) is 2.55. The summed E-state index contributed by atoms with van der Waals surface area (Å²) in [6, 6.07) is 4.16. The number of benzene rings is 1. The van der Waals surface area contributed by atoms with Gasteiger partial charge in [0.15, 0.2) is 0 Å². The van der Waals surface area contributed by atoms with Crippen LogP contribution in [0.4, 0.5) is 0 Å². The molecular formula is C17H20ClN3O4. The highest BCUT2D eigenvalue weighted by atomic mass is 35.5. The van der Waals surface area contributed by atoms with E-state index < -0.39 is 11.3 Å². The van der Waals surface area contributed by atoms with E-state index in [1.54, 1.807) is 20.8 Å². The van der Waals surface area contributed by atoms with Crippen molar-refractivity contribution in [3.05, 3.63) is 34.9 Å². The predicted molar refractivity (Wildman–Crippen MR) is 92.7 cm³/mol. The Morgan fingerprint density at radius 1 is 1.04 bits per heavy atom. The third-order valence-corrected chi connectivity index (χ3v) is 3.97. The summed E-state index contributed by atoms with van der Waals surface area (Å²) >= 11 is 5.62. The molecule has 4 amide bonds. The summed E-state index contributed by atoms with van der Waals surface area (Å²) in [5, 5.41) is 4.57. The van der Waals surface area contributed by atoms with Gasteiger partial charge in [0, 0.05) is 24.7 Å². The van der Waals surface area contributed by atoms with E-state index in [4.69, 9.17) is 11.6 Å². The Bertz CT molecular complexity index is 731. The average Bonchev–Trinajstić information content (AvgIpc) is 2.81. The van der Waals surface area contributed by atoms with E-state index in [0.29, 0.717) is 5.56 Å². The van der Waals surface area contributed by atoms with Gasteiger partial charge in [-0.05, 0) is 39.0 Å². The van der Waals surface area contributed by atoms with Gasteiger partial charge in [0.1, 0.15) is 5.38 Å². The summed E-state index contributed by atoms with van der Waals surface area (Å²) in [6.45, 7) is 5.52. The summed E-state index contributed by atoms with van der Waals surface area (Å²) in [4.78, 5) is 49.2. The zero-order valence-corrected chi connectivity index (χ0v) is 15.0. The van der Waals surface area contributed by atoms with Crippen molar-refractivity contribution in [2.24, 2.45) is 0 Å². The lowest BCUT2D eigenvalue weighted by atomic mass is 10.1. The Balaban J connectivity index is 2.01. The molecule has 1 atom stereocenters. The Morgan fingerprint density at radius 2 is 1.64 bits per heavy atom. The third-order valence-electron chi connectivity index (χ3n) is 3.77. The van der Waals surface area contributed by atoms with Crippen molar-refractivity contribution in [1.82, 2.24) is 15.5 Å². The van der Waals surface area contributed by atoms with Crippen molar-refractivity contribution >= 4 is 35.2 Å². The minimum Gasteiger partial charge on any atom is -0.353 e. The molecule has 8 heteroatoms. The number of nitrogens with zero attached hydrogens (tertiary/aromatic N) is 1. The van der Waals surface area contributed by atoms with Crippen LogP contribution >= 0.6 is 11.6 Å². The van der Waals surface area contributed by atoms with Gasteiger partial charge in [-0.1, -0.05) is 0 Å². The molecule has 2 N–H and O–H groups in total. The molecule has 1 aromatic carbocycles. The summed E-state index contributed by atoms with van der Waals surface area (Å²) in [5.74, 6) is -1.45. The van der Waals surface area contributed by atoms with Crippen molar-refractivity contribution < 1.29 is 19.2 Å². The summed E-state index contributed by atoms with van der Waals surface area (Å²) in [5.41, 5.74) is 0.816. The highest BCUT2D eigenvalue weighted by molar-refractivity contribution is 6.30. The van der Waals surface area contributed by atoms with Crippen molar-refractivity contribution in [3.63, 3.8) is 0 Å². The van der Waals surface area contributed by atoms with Crippen LogP contribution in [0.1, 0.15) is 51.8 Å². The fourth-order valence-electron chi connectivity index (χ4n) is 2.47. The number of imide groups is 1. The Hall–Kier alpha value is -2.41. The van der Waals surface area contributed by atoms with Crippen molar-refractivity contribution in [1.29, 1.82) is 0 Å². The summed E-state index contributed by atoms with van der Waals surface area (Å²) in [6.07, 6.45) is 0. The number of nitrogens with one attached hydrogen (secondary N) is 2. The molecule has 0 bridgehead atoms. The first-order valence-corrected chi connectivity index (χ1v) is 8.39. The highest BCUT2D eigenvalue weighted by Gasteiger charge is 2.37. The molecule has 0 aromatic heterocycles. The molecular weight excluding hydrogens is 346 g/mol. The van der Waals surface area contributed by atoms with E-state index >= 15 is 0 Å². The number of rotatable bonds is 6. The van der Waals surface area contributed by atoms with Crippen LogP contribution in [0.2, 0.25) is 0 Å². The van der Waals surface area contributed by atoms with Gasteiger partial charge in [-0.3, -0.25) is 24.1 Å². The van der Waals surface area contributed by atoms with E-state index in [2.05, 4.69) is 10.6 Å². The van der Waals surface area contributed by atoms with Gasteiger partial charge in [0.25, 0.3) is 17.7 Å². The maximum Gasteiger partial charge on any atom is 0.261 e. The predicted octanol–water partition coefficient (Wildman–Crippen LogP) is 1.16. The zero-order chi connectivity index (χ0) is 18.7. The van der Waals surface area contributed by atoms with Crippen LogP contribution < -0.4 is 10.6 Å². The Morgan fingerprint density at radius 3 is 2.24 bits per heavy atom. The molecule has 7 nitrogen and oxygen atoms in total. The highest BCUT2D eigenvalue weighted by Crippen LogP contribution is 2.25. The van der Waals surface area contributed by atoms with Crippen LogP contribution in [0.3, 0.4) is 0 Å². The topological polar surface area (TPSA) is 95.6 Å². The molecule has 25 heavy (non-hydrogen) atoms. The first-order chi connectivity index (χ1) is 11.7. The van der Waals surface area contributed by atoms with E-state index in [-0.39, 0.29) is 48.0 Å². The maximum absolute atomic E-state index is 12.3. The first kappa shape index (κ1) is 18.9. The molecule has 2 rings (SSSR count). The third kappa shape index (κ3) is 3.99. The minimum atomic E-state index is -0.639. The van der Waals surface area contributed by atoms with Crippen LogP contribution in [-0.4, -0.2) is 53.0 Å². The van der Waals surface area contributed by atoms with Crippen LogP contribution in [0.25, 0.3) is 0 Å². The molecule has 1 aliphatic rings. The van der Waals surface area contributed by atoms with E-state index in [1.807, 2.05) is 0 Å². The molecule has 134 valence electrons. The van der Waals surface area contributed by atoms with Gasteiger partial charge in [0.05, 0.1) is 11.1 Å². The van der Waals surface area contributed by atoms with Gasteiger partial charge >= 0.3 is 0 Å². The molecule has 0 aliphatic carbocycles. The van der Waals surface area contributed by atoms with Crippen LogP contribution in [0.5, 0.6) is 0 Å². The lowest BCUT2D eigenvalue weighted by molar-refractivity contribution is -0.120. The minimum absolute atomic E-state index is 0.219. The van der Waals surface area contributed by atoms with Crippen LogP contribution in [0.15, 0.2) is 18.2 Å². The number of hydrogen-bond acceptors (Lipinski definition) is 4. The van der Waals surface area contributed by atoms with Gasteiger partial charge in [-0.2, -0.15) is 0 Å². The number of carbonyl (C=O) groups is 4. The van der Waals surface area contributed by atoms with Crippen LogP contribution in [0, 0.1) is 0 Å². The van der Waals surface area contributed by atoms with Crippen molar-refractivity contribution in [2.45, 2.75) is 32.2 Å². The van der Waals surface area contributed by atoms with Gasteiger partial charge < -0.3 is 10.6 Å². The largest absolute Gasteiger partial charge is 0.353 e. The Labute approximate surface area is 150 Å². The van der Waals surface area contributed by atoms with Crippen molar-refractivity contribution in [3.8, 4) is 0 Å². The number of halogens is 1. The maximum atomic E-state index is 12.3. The molecule has 0 saturated heterocycles. The molecule has 1 unspecified atom stereocenters. The van der Waals surface area contributed by atoms with Gasteiger partial charge in [0.2, 0.25) is 5.91 Å². The quantitative estimate of drug-likeness (QED) is 0.449. The molecule has 1 aliphatic heterocycles. The van der Waals surface area contributed by atoms with E-state index in [9.17, 15) is 19.2 Å². The second-order valence-electron chi connectivity index (χ2n) is 6.00. The summed E-state index contributed by atoms with van der Waals surface area (Å²) < 4.78 is 0. The number of amides is 4. The number of fused-ring (bicyclic) bond motifs is 1. The van der Waals surface area contributed by atoms with E-state index in [1.165, 1.54) is 23.1 Å². The number of carbonyl (C=O) groups excluding carboxylic acids is 4. The molecule has 1 heterocycles. The normalized spacial score (nSPS) is 14.5. The fraction of sp³-hybridized carbons (Fsp3) is 0.412. The lowest BCUT2D eigenvalue weighted by Gasteiger charge is -2.17. The van der Waals surface area contributed by atoms with Crippen LogP contribution in [-0.2, 0) is 4.79 Å². The van der Waals surface area contributed by atoms with Crippen molar-refractivity contribution in [2.75, 3.05) is 13.1 Å². The van der Waals surface area contributed by atoms with Gasteiger partial charge in [-0.15, -0.1) is 11.6 Å². The standard InChI is InChI=1S/C17H20ClN3O4/c1-9(2)21-16(24)12-5-4-11(8-13(12)17(21)25)15(23)20-7-6-19-14(22)10(3)18/h4-5,8-10H,6-7H2,1-3H3,(H,19,22)(H,20,23). The van der Waals surface area contributed by atoms with Gasteiger partial charge in [-0.25, -0.2) is 0 Å². The molecule has 0 saturated carbocycles. The first-order valence-electron chi connectivity index (χ1n) is 7.96. The number of alkyl halides is 1. The zero-order valence-electron chi connectivity index (χ0n) is 14.3. The SMILES string of the molecule is CC(Cl)C(=O)NCCNC(=O)c1ccc2c(c1)C(=O)N(C(C)C)C2=O. The monoisotopic (exact) mass is 365 g/mol. The molecule has 0 fully saturated rings. The van der Waals surface area contributed by atoms with E-state index in [0.717, 1.165) is 0 Å². The molecule has 1 aromatic rings. The summed E-state index contributed by atoms with van der Waals surface area (Å²) in [7, 11) is 0.